The van der Waals surface area contributed by atoms with Gasteiger partial charge in [0.25, 0.3) is 5.91 Å². The maximum absolute atomic E-state index is 13.5. The highest BCUT2D eigenvalue weighted by molar-refractivity contribution is 6.08. The number of aromatic nitrogens is 3. The Hall–Kier alpha value is -4.17. The first kappa shape index (κ1) is 21.7. The molecule has 1 amide bonds. The normalized spacial score (nSPS) is 14.1. The van der Waals surface area contributed by atoms with Crippen molar-refractivity contribution in [3.8, 4) is 17.2 Å². The first-order chi connectivity index (χ1) is 16.7. The molecule has 0 aliphatic carbocycles. The summed E-state index contributed by atoms with van der Waals surface area (Å²) in [4.78, 5) is 19.9. The zero-order valence-corrected chi connectivity index (χ0v) is 18.8. The Morgan fingerprint density at radius 2 is 1.82 bits per heavy atom. The van der Waals surface area contributed by atoms with Crippen molar-refractivity contribution >= 4 is 29.1 Å². The summed E-state index contributed by atoms with van der Waals surface area (Å²) in [5, 5.41) is 18.5. The number of piperazine rings is 1. The minimum atomic E-state index is -0.0360. The van der Waals surface area contributed by atoms with Crippen LogP contribution in [0.15, 0.2) is 60.8 Å². The van der Waals surface area contributed by atoms with Gasteiger partial charge < -0.3 is 20.1 Å². The largest absolute Gasteiger partial charge is 0.508 e. The van der Waals surface area contributed by atoms with Gasteiger partial charge in [0.15, 0.2) is 5.65 Å². The highest BCUT2D eigenvalue weighted by Gasteiger charge is 2.24. The third-order valence-electron chi connectivity index (χ3n) is 5.88. The summed E-state index contributed by atoms with van der Waals surface area (Å²) >= 11 is 0. The summed E-state index contributed by atoms with van der Waals surface area (Å²) in [5.41, 5.74) is 3.40. The molecule has 1 aliphatic heterocycles. The molecule has 0 bridgehead atoms. The molecular formula is C26H25N5O3. The molecule has 172 valence electrons. The van der Waals surface area contributed by atoms with E-state index in [1.165, 1.54) is 0 Å². The molecule has 1 fully saturated rings. The summed E-state index contributed by atoms with van der Waals surface area (Å²) in [6, 6.07) is 16.2. The van der Waals surface area contributed by atoms with Crippen LogP contribution in [0.1, 0.15) is 21.6 Å². The number of fused-ring (bicyclic) bond motifs is 1. The zero-order chi connectivity index (χ0) is 23.5. The molecule has 2 aromatic heterocycles. The van der Waals surface area contributed by atoms with Crippen LogP contribution < -0.4 is 10.1 Å². The number of hydrogen-bond acceptors (Lipinski definition) is 6. The number of phenolic OH excluding ortho intramolecular Hbond substituents is 1. The van der Waals surface area contributed by atoms with Crippen molar-refractivity contribution in [1.82, 2.24) is 25.0 Å². The van der Waals surface area contributed by atoms with Crippen LogP contribution in [-0.4, -0.2) is 64.0 Å². The summed E-state index contributed by atoms with van der Waals surface area (Å²) in [6.45, 7) is 2.85. The van der Waals surface area contributed by atoms with Gasteiger partial charge in [-0.05, 0) is 48.6 Å². The van der Waals surface area contributed by atoms with Crippen molar-refractivity contribution in [2.45, 2.75) is 0 Å². The minimum Gasteiger partial charge on any atom is -0.508 e. The molecule has 5 rings (SSSR count). The number of rotatable bonds is 5. The van der Waals surface area contributed by atoms with Crippen molar-refractivity contribution in [2.75, 3.05) is 33.3 Å². The molecular weight excluding hydrogens is 430 g/mol. The van der Waals surface area contributed by atoms with Gasteiger partial charge in [0, 0.05) is 37.9 Å². The van der Waals surface area contributed by atoms with E-state index >= 15 is 0 Å². The number of amides is 1. The Morgan fingerprint density at radius 3 is 2.59 bits per heavy atom. The van der Waals surface area contributed by atoms with Crippen molar-refractivity contribution in [1.29, 1.82) is 0 Å². The Labute approximate surface area is 197 Å². The van der Waals surface area contributed by atoms with Crippen LogP contribution in [0.2, 0.25) is 0 Å². The van der Waals surface area contributed by atoms with E-state index in [-0.39, 0.29) is 11.7 Å². The SMILES string of the molecule is COc1ccccc1/C=C/c1nn(-c2ccc(O)cc2)c2nccc(C(=O)N3CCNCC3)c12. The number of pyridine rings is 1. The van der Waals surface area contributed by atoms with E-state index in [1.807, 2.05) is 41.3 Å². The lowest BCUT2D eigenvalue weighted by Gasteiger charge is -2.27. The number of carbonyl (C=O) groups is 1. The van der Waals surface area contributed by atoms with Crippen LogP contribution in [0.5, 0.6) is 11.5 Å². The highest BCUT2D eigenvalue weighted by Crippen LogP contribution is 2.28. The topological polar surface area (TPSA) is 92.5 Å². The van der Waals surface area contributed by atoms with Gasteiger partial charge in [-0.25, -0.2) is 9.67 Å². The van der Waals surface area contributed by atoms with Gasteiger partial charge in [-0.15, -0.1) is 0 Å². The summed E-state index contributed by atoms with van der Waals surface area (Å²) in [7, 11) is 1.63. The number of phenols is 1. The van der Waals surface area contributed by atoms with Crippen LogP contribution in [0.3, 0.4) is 0 Å². The van der Waals surface area contributed by atoms with Crippen LogP contribution >= 0.6 is 0 Å². The number of carbonyl (C=O) groups excluding carboxylic acids is 1. The molecule has 2 N–H and O–H groups in total. The molecule has 0 unspecified atom stereocenters. The first-order valence-electron chi connectivity index (χ1n) is 11.1. The fourth-order valence-electron chi connectivity index (χ4n) is 4.15. The number of benzene rings is 2. The number of nitrogens with one attached hydrogen (secondary N) is 1. The number of methoxy groups -OCH3 is 1. The molecule has 2 aromatic carbocycles. The van der Waals surface area contributed by atoms with Gasteiger partial charge >= 0.3 is 0 Å². The quantitative estimate of drug-likeness (QED) is 0.480. The van der Waals surface area contributed by atoms with Crippen LogP contribution in [0.4, 0.5) is 0 Å². The molecule has 4 aromatic rings. The van der Waals surface area contributed by atoms with E-state index in [0.717, 1.165) is 30.1 Å². The van der Waals surface area contributed by atoms with E-state index in [2.05, 4.69) is 10.3 Å². The smallest absolute Gasteiger partial charge is 0.254 e. The molecule has 1 aliphatic rings. The molecule has 0 atom stereocenters. The number of hydrogen-bond donors (Lipinski definition) is 2. The number of aromatic hydroxyl groups is 1. The maximum atomic E-state index is 13.5. The predicted octanol–water partition coefficient (Wildman–Crippen LogP) is 3.35. The fourth-order valence-corrected chi connectivity index (χ4v) is 4.15. The van der Waals surface area contributed by atoms with Gasteiger partial charge in [0.1, 0.15) is 11.5 Å². The fraction of sp³-hybridized carbons (Fsp3) is 0.192. The molecule has 34 heavy (non-hydrogen) atoms. The van der Waals surface area contributed by atoms with Crippen LogP contribution in [-0.2, 0) is 0 Å². The minimum absolute atomic E-state index is 0.0360. The van der Waals surface area contributed by atoms with Crippen molar-refractivity contribution in [3.05, 3.63) is 77.6 Å². The van der Waals surface area contributed by atoms with Gasteiger partial charge in [0.2, 0.25) is 0 Å². The Bertz CT molecular complexity index is 1350. The lowest BCUT2D eigenvalue weighted by atomic mass is 10.1. The van der Waals surface area contributed by atoms with E-state index in [9.17, 15) is 9.90 Å². The lowest BCUT2D eigenvalue weighted by Crippen LogP contribution is -2.46. The second-order valence-electron chi connectivity index (χ2n) is 7.99. The summed E-state index contributed by atoms with van der Waals surface area (Å²) in [6.07, 6.45) is 5.45. The van der Waals surface area contributed by atoms with Gasteiger partial charge in [-0.3, -0.25) is 4.79 Å². The molecule has 0 radical (unpaired) electrons. The molecule has 8 nitrogen and oxygen atoms in total. The number of ether oxygens (including phenoxy) is 1. The number of nitrogens with zero attached hydrogens (tertiary/aromatic N) is 4. The second-order valence-corrected chi connectivity index (χ2v) is 7.99. The average molecular weight is 456 g/mol. The standard InChI is InChI=1S/C26H25N5O3/c1-34-23-5-3-2-4-18(23)6-11-22-24-21(26(33)30-16-14-27-15-17-30)12-13-28-25(24)31(29-22)19-7-9-20(32)10-8-19/h2-13,27,32H,14-17H2,1H3/b11-6+. The monoisotopic (exact) mass is 455 g/mol. The Morgan fingerprint density at radius 1 is 1.06 bits per heavy atom. The van der Waals surface area contributed by atoms with E-state index < -0.39 is 0 Å². The van der Waals surface area contributed by atoms with Crippen molar-refractivity contribution in [2.24, 2.45) is 0 Å². The highest BCUT2D eigenvalue weighted by atomic mass is 16.5. The summed E-state index contributed by atoms with van der Waals surface area (Å²) in [5.74, 6) is 0.876. The van der Waals surface area contributed by atoms with Crippen LogP contribution in [0.25, 0.3) is 28.9 Å². The Balaban J connectivity index is 1.67. The lowest BCUT2D eigenvalue weighted by molar-refractivity contribution is 0.0737. The predicted molar refractivity (Wildman–Crippen MR) is 131 cm³/mol. The zero-order valence-electron chi connectivity index (χ0n) is 18.8. The second kappa shape index (κ2) is 9.36. The third-order valence-corrected chi connectivity index (χ3v) is 5.88. The van der Waals surface area contributed by atoms with Gasteiger partial charge in [-0.1, -0.05) is 18.2 Å². The molecule has 1 saturated heterocycles. The van der Waals surface area contributed by atoms with E-state index in [0.29, 0.717) is 35.4 Å². The van der Waals surface area contributed by atoms with Crippen molar-refractivity contribution < 1.29 is 14.6 Å². The van der Waals surface area contributed by atoms with E-state index in [1.54, 1.807) is 48.3 Å². The molecule has 3 heterocycles. The van der Waals surface area contributed by atoms with Crippen molar-refractivity contribution in [3.63, 3.8) is 0 Å². The molecule has 0 saturated carbocycles. The molecule has 8 heteroatoms. The van der Waals surface area contributed by atoms with Crippen LogP contribution in [0, 0.1) is 0 Å². The average Bonchev–Trinajstić information content (AvgIpc) is 3.27. The maximum Gasteiger partial charge on any atom is 0.254 e. The molecule has 0 spiro atoms. The third kappa shape index (κ3) is 4.11. The Kier molecular flexibility index (Phi) is 5.97. The number of para-hydroxylation sites is 1. The van der Waals surface area contributed by atoms with Gasteiger partial charge in [0.05, 0.1) is 29.4 Å². The van der Waals surface area contributed by atoms with Gasteiger partial charge in [-0.2, -0.15) is 5.10 Å². The summed E-state index contributed by atoms with van der Waals surface area (Å²) < 4.78 is 7.17. The first-order valence-corrected chi connectivity index (χ1v) is 11.1. The van der Waals surface area contributed by atoms with E-state index in [4.69, 9.17) is 9.84 Å².